The molecule has 0 saturated heterocycles. The maximum absolute atomic E-state index is 13.8. The van der Waals surface area contributed by atoms with Gasteiger partial charge in [0.05, 0.1) is 19.9 Å². The summed E-state index contributed by atoms with van der Waals surface area (Å²) in [7, 11) is 1.52. The van der Waals surface area contributed by atoms with Gasteiger partial charge in [0.25, 0.3) is 0 Å². The number of halogens is 2. The Bertz CT molecular complexity index is 754. The molecule has 0 amide bonds. The van der Waals surface area contributed by atoms with Crippen molar-refractivity contribution < 1.29 is 9.13 Å². The number of rotatable bonds is 3. The Morgan fingerprint density at radius 2 is 2.20 bits per heavy atom. The lowest BCUT2D eigenvalue weighted by atomic mass is 10.2. The fourth-order valence-corrected chi connectivity index (χ4v) is 2.21. The van der Waals surface area contributed by atoms with Crippen LogP contribution in [0, 0.1) is 5.82 Å². The van der Waals surface area contributed by atoms with Gasteiger partial charge < -0.3 is 4.74 Å². The van der Waals surface area contributed by atoms with Crippen LogP contribution in [-0.2, 0) is 6.54 Å². The summed E-state index contributed by atoms with van der Waals surface area (Å²) in [6, 6.07) is 4.57. The Kier molecular flexibility index (Phi) is 3.23. The lowest BCUT2D eigenvalue weighted by Gasteiger charge is -2.07. The number of hydrogen-bond acceptors (Lipinski definition) is 4. The Morgan fingerprint density at radius 1 is 1.35 bits per heavy atom. The van der Waals surface area contributed by atoms with Gasteiger partial charge in [-0.2, -0.15) is 5.10 Å². The Hall–Kier alpha value is -2.21. The van der Waals surface area contributed by atoms with Crippen molar-refractivity contribution in [3.63, 3.8) is 0 Å². The predicted molar refractivity (Wildman–Crippen MR) is 72.4 cm³/mol. The van der Waals surface area contributed by atoms with Crippen molar-refractivity contribution in [1.29, 1.82) is 0 Å². The minimum atomic E-state index is -0.373. The molecular formula is C13H10ClFN4O. The van der Waals surface area contributed by atoms with Crippen molar-refractivity contribution in [3.05, 3.63) is 47.1 Å². The molecule has 0 aliphatic rings. The molecule has 0 fully saturated rings. The molecule has 0 unspecified atom stereocenters. The lowest BCUT2D eigenvalue weighted by molar-refractivity contribution is 0.402. The highest BCUT2D eigenvalue weighted by atomic mass is 35.5. The lowest BCUT2D eigenvalue weighted by Crippen LogP contribution is -2.05. The van der Waals surface area contributed by atoms with Crippen LogP contribution in [0.4, 0.5) is 4.39 Å². The van der Waals surface area contributed by atoms with Crippen LogP contribution >= 0.6 is 11.6 Å². The van der Waals surface area contributed by atoms with Gasteiger partial charge in [0.15, 0.2) is 5.65 Å². The second-order valence-electron chi connectivity index (χ2n) is 4.12. The van der Waals surface area contributed by atoms with Crippen LogP contribution < -0.4 is 4.74 Å². The van der Waals surface area contributed by atoms with Crippen LogP contribution in [0.1, 0.15) is 5.56 Å². The van der Waals surface area contributed by atoms with Crippen molar-refractivity contribution in [2.24, 2.45) is 0 Å². The topological polar surface area (TPSA) is 52.8 Å². The zero-order chi connectivity index (χ0) is 14.1. The number of methoxy groups -OCH3 is 1. The monoisotopic (exact) mass is 292 g/mol. The van der Waals surface area contributed by atoms with Gasteiger partial charge in [0.1, 0.15) is 17.5 Å². The van der Waals surface area contributed by atoms with Crippen LogP contribution in [-0.4, -0.2) is 26.9 Å². The van der Waals surface area contributed by atoms with Crippen molar-refractivity contribution in [1.82, 2.24) is 19.7 Å². The first-order chi connectivity index (χ1) is 9.70. The van der Waals surface area contributed by atoms with Crippen LogP contribution in [0.15, 0.2) is 30.7 Å². The highest BCUT2D eigenvalue weighted by Crippen LogP contribution is 2.24. The van der Waals surface area contributed by atoms with E-state index in [9.17, 15) is 4.39 Å². The highest BCUT2D eigenvalue weighted by molar-refractivity contribution is 6.31. The third kappa shape index (κ3) is 2.08. The minimum absolute atomic E-state index is 0.190. The van der Waals surface area contributed by atoms with Crippen molar-refractivity contribution >= 4 is 22.6 Å². The van der Waals surface area contributed by atoms with Crippen LogP contribution in [0.3, 0.4) is 0 Å². The summed E-state index contributed by atoms with van der Waals surface area (Å²) in [5.74, 6) is 0.0584. The minimum Gasteiger partial charge on any atom is -0.480 e. The summed E-state index contributed by atoms with van der Waals surface area (Å²) < 4.78 is 20.5. The van der Waals surface area contributed by atoms with E-state index in [2.05, 4.69) is 15.1 Å². The first-order valence-corrected chi connectivity index (χ1v) is 6.22. The number of benzene rings is 1. The molecule has 0 spiro atoms. The summed E-state index contributed by atoms with van der Waals surface area (Å²) in [6.07, 6.45) is 2.96. The molecule has 0 saturated carbocycles. The van der Waals surface area contributed by atoms with E-state index in [0.29, 0.717) is 27.5 Å². The molecular weight excluding hydrogens is 283 g/mol. The number of nitrogens with zero attached hydrogens (tertiary/aromatic N) is 4. The molecule has 20 heavy (non-hydrogen) atoms. The first-order valence-electron chi connectivity index (χ1n) is 5.84. The maximum atomic E-state index is 13.8. The predicted octanol–water partition coefficient (Wildman–Crippen LogP) is 2.68. The third-order valence-electron chi connectivity index (χ3n) is 2.96. The fraction of sp³-hybridized carbons (Fsp3) is 0.154. The first kappa shape index (κ1) is 12.8. The standard InChI is InChI=1S/C13H10ClFN4O/c1-20-13-8-5-18-19(12(8)16-7-17-13)6-9-10(14)3-2-4-11(9)15/h2-5,7H,6H2,1H3. The van der Waals surface area contributed by atoms with Crippen molar-refractivity contribution in [2.75, 3.05) is 7.11 Å². The molecule has 5 nitrogen and oxygen atoms in total. The van der Waals surface area contributed by atoms with E-state index in [1.165, 1.54) is 19.5 Å². The molecule has 2 aromatic heterocycles. The van der Waals surface area contributed by atoms with Gasteiger partial charge in [0, 0.05) is 10.6 Å². The van der Waals surface area contributed by atoms with Gasteiger partial charge in [-0.15, -0.1) is 0 Å². The Balaban J connectivity index is 2.08. The molecule has 0 bridgehead atoms. The molecule has 3 rings (SSSR count). The summed E-state index contributed by atoms with van der Waals surface area (Å²) in [6.45, 7) is 0.190. The number of ether oxygens (including phenoxy) is 1. The van der Waals surface area contributed by atoms with E-state index in [1.54, 1.807) is 23.0 Å². The van der Waals surface area contributed by atoms with Crippen molar-refractivity contribution in [2.45, 2.75) is 6.54 Å². The van der Waals surface area contributed by atoms with Crippen molar-refractivity contribution in [3.8, 4) is 5.88 Å². The zero-order valence-corrected chi connectivity index (χ0v) is 11.3. The summed E-state index contributed by atoms with van der Waals surface area (Å²) >= 11 is 6.02. The van der Waals surface area contributed by atoms with Gasteiger partial charge in [-0.05, 0) is 12.1 Å². The normalized spacial score (nSPS) is 10.9. The van der Waals surface area contributed by atoms with Gasteiger partial charge in [-0.1, -0.05) is 17.7 Å². The number of fused-ring (bicyclic) bond motifs is 1. The average molecular weight is 293 g/mol. The molecule has 102 valence electrons. The summed E-state index contributed by atoms with van der Waals surface area (Å²) in [5.41, 5.74) is 0.938. The molecule has 0 aliphatic heterocycles. The van der Waals surface area contributed by atoms with Crippen LogP contribution in [0.2, 0.25) is 5.02 Å². The van der Waals surface area contributed by atoms with E-state index in [1.807, 2.05) is 0 Å². The fourth-order valence-electron chi connectivity index (χ4n) is 1.98. The largest absolute Gasteiger partial charge is 0.480 e. The molecule has 0 atom stereocenters. The molecule has 0 aliphatic carbocycles. The molecule has 2 heterocycles. The quantitative estimate of drug-likeness (QED) is 0.745. The molecule has 0 N–H and O–H groups in total. The Morgan fingerprint density at radius 3 is 2.95 bits per heavy atom. The Labute approximate surface area is 119 Å². The molecule has 1 aromatic carbocycles. The zero-order valence-electron chi connectivity index (χ0n) is 10.5. The third-order valence-corrected chi connectivity index (χ3v) is 3.31. The number of hydrogen-bond donors (Lipinski definition) is 0. The SMILES string of the molecule is COc1ncnc2c1cnn2Cc1c(F)cccc1Cl. The van der Waals surface area contributed by atoms with E-state index >= 15 is 0 Å². The average Bonchev–Trinajstić information content (AvgIpc) is 2.86. The van der Waals surface area contributed by atoms with E-state index in [4.69, 9.17) is 16.3 Å². The van der Waals surface area contributed by atoms with Gasteiger partial charge in [0.2, 0.25) is 5.88 Å². The summed E-state index contributed by atoms with van der Waals surface area (Å²) in [5, 5.41) is 5.22. The van der Waals surface area contributed by atoms with Gasteiger partial charge in [-0.25, -0.2) is 19.0 Å². The van der Waals surface area contributed by atoms with Crippen LogP contribution in [0.25, 0.3) is 11.0 Å². The molecule has 0 radical (unpaired) electrons. The second-order valence-corrected chi connectivity index (χ2v) is 4.53. The second kappa shape index (κ2) is 5.05. The van der Waals surface area contributed by atoms with E-state index in [-0.39, 0.29) is 12.4 Å². The van der Waals surface area contributed by atoms with E-state index < -0.39 is 0 Å². The highest BCUT2D eigenvalue weighted by Gasteiger charge is 2.13. The maximum Gasteiger partial charge on any atom is 0.227 e. The smallest absolute Gasteiger partial charge is 0.227 e. The van der Waals surface area contributed by atoms with Crippen LogP contribution in [0.5, 0.6) is 5.88 Å². The summed E-state index contributed by atoms with van der Waals surface area (Å²) in [4.78, 5) is 8.14. The van der Waals surface area contributed by atoms with Gasteiger partial charge >= 0.3 is 0 Å². The molecule has 7 heteroatoms. The molecule has 3 aromatic rings. The number of aromatic nitrogens is 4. The van der Waals surface area contributed by atoms with E-state index in [0.717, 1.165) is 0 Å². The van der Waals surface area contributed by atoms with Gasteiger partial charge in [-0.3, -0.25) is 0 Å².